The molecule has 4 nitrogen and oxygen atoms in total. The molecule has 2 N–H and O–H groups in total. The molecule has 1 amide bonds. The number of carbonyl (C=O) groups is 1. The van der Waals surface area contributed by atoms with Crippen LogP contribution >= 0.6 is 0 Å². The van der Waals surface area contributed by atoms with Gasteiger partial charge in [0.25, 0.3) is 0 Å². The van der Waals surface area contributed by atoms with Crippen LogP contribution in [0.15, 0.2) is 12.1 Å². The van der Waals surface area contributed by atoms with Gasteiger partial charge in [-0.1, -0.05) is 0 Å². The molecule has 0 atom stereocenters. The van der Waals surface area contributed by atoms with Gasteiger partial charge in [-0.15, -0.1) is 0 Å². The fraction of sp³-hybridized carbons (Fsp3) is 0.417. The number of ether oxygens (including phenoxy) is 1. The molecule has 0 bridgehead atoms. The molecular formula is C12H14F3NO3. The number of hydrogen-bond donors (Lipinski definition) is 2. The average Bonchev–Trinajstić information content (AvgIpc) is 2.33. The molecule has 0 spiro atoms. The summed E-state index contributed by atoms with van der Waals surface area (Å²) in [6, 6.07) is 1.05. The molecular weight excluding hydrogens is 263 g/mol. The van der Waals surface area contributed by atoms with Gasteiger partial charge in [0.05, 0.1) is 26.2 Å². The van der Waals surface area contributed by atoms with Crippen molar-refractivity contribution in [1.82, 2.24) is 5.32 Å². The number of rotatable bonds is 7. The van der Waals surface area contributed by atoms with Crippen molar-refractivity contribution in [2.75, 3.05) is 26.4 Å². The Kier molecular flexibility index (Phi) is 6.31. The summed E-state index contributed by atoms with van der Waals surface area (Å²) in [7, 11) is 0. The van der Waals surface area contributed by atoms with E-state index in [0.29, 0.717) is 12.1 Å². The Morgan fingerprint density at radius 1 is 1.21 bits per heavy atom. The Labute approximate surface area is 108 Å². The summed E-state index contributed by atoms with van der Waals surface area (Å²) in [4.78, 5) is 11.4. The highest BCUT2D eigenvalue weighted by atomic mass is 19.1. The van der Waals surface area contributed by atoms with Crippen molar-refractivity contribution in [3.05, 3.63) is 35.1 Å². The Morgan fingerprint density at radius 3 is 2.42 bits per heavy atom. The van der Waals surface area contributed by atoms with Crippen LogP contribution in [0.25, 0.3) is 0 Å². The standard InChI is InChI=1S/C12H14F3NO3/c13-8-5-10(14)9(11(15)6-8)7-12(18)16-1-3-19-4-2-17/h5-6,17H,1-4,7H2,(H,16,18). The van der Waals surface area contributed by atoms with Crippen LogP contribution in [0.1, 0.15) is 5.56 Å². The van der Waals surface area contributed by atoms with Crippen LogP contribution in [-0.4, -0.2) is 37.4 Å². The van der Waals surface area contributed by atoms with Crippen LogP contribution in [0, 0.1) is 17.5 Å². The van der Waals surface area contributed by atoms with Gasteiger partial charge in [-0.3, -0.25) is 4.79 Å². The van der Waals surface area contributed by atoms with E-state index in [-0.39, 0.29) is 26.4 Å². The first-order chi connectivity index (χ1) is 9.04. The molecule has 19 heavy (non-hydrogen) atoms. The van der Waals surface area contributed by atoms with E-state index in [1.54, 1.807) is 0 Å². The summed E-state index contributed by atoms with van der Waals surface area (Å²) in [5, 5.41) is 10.8. The van der Waals surface area contributed by atoms with Crippen molar-refractivity contribution in [2.45, 2.75) is 6.42 Å². The Bertz CT molecular complexity index is 417. The predicted molar refractivity (Wildman–Crippen MR) is 60.9 cm³/mol. The third-order valence-corrected chi connectivity index (χ3v) is 2.25. The van der Waals surface area contributed by atoms with Crippen LogP contribution in [0.4, 0.5) is 13.2 Å². The lowest BCUT2D eigenvalue weighted by molar-refractivity contribution is -0.120. The van der Waals surface area contributed by atoms with Gasteiger partial charge in [0.15, 0.2) is 0 Å². The minimum absolute atomic E-state index is 0.125. The highest BCUT2D eigenvalue weighted by Crippen LogP contribution is 2.15. The van der Waals surface area contributed by atoms with Crippen molar-refractivity contribution < 1.29 is 27.8 Å². The van der Waals surface area contributed by atoms with Crippen molar-refractivity contribution >= 4 is 5.91 Å². The number of aliphatic hydroxyl groups is 1. The van der Waals surface area contributed by atoms with E-state index in [0.717, 1.165) is 0 Å². The first kappa shape index (κ1) is 15.5. The zero-order valence-electron chi connectivity index (χ0n) is 10.1. The SMILES string of the molecule is O=C(Cc1c(F)cc(F)cc1F)NCCOCCO. The van der Waals surface area contributed by atoms with E-state index in [1.807, 2.05) is 0 Å². The zero-order chi connectivity index (χ0) is 14.3. The lowest BCUT2D eigenvalue weighted by atomic mass is 10.1. The number of amides is 1. The molecule has 0 aromatic heterocycles. The first-order valence-corrected chi connectivity index (χ1v) is 5.63. The molecule has 106 valence electrons. The number of nitrogens with one attached hydrogen (secondary N) is 1. The Hall–Kier alpha value is -1.60. The van der Waals surface area contributed by atoms with E-state index in [4.69, 9.17) is 9.84 Å². The van der Waals surface area contributed by atoms with Gasteiger partial charge in [0.1, 0.15) is 17.5 Å². The fourth-order valence-electron chi connectivity index (χ4n) is 1.39. The summed E-state index contributed by atoms with van der Waals surface area (Å²) in [5.74, 6) is -3.82. The highest BCUT2D eigenvalue weighted by molar-refractivity contribution is 5.78. The minimum atomic E-state index is -1.09. The van der Waals surface area contributed by atoms with E-state index in [9.17, 15) is 18.0 Å². The minimum Gasteiger partial charge on any atom is -0.394 e. The quantitative estimate of drug-likeness (QED) is 0.724. The lowest BCUT2D eigenvalue weighted by Crippen LogP contribution is -2.29. The molecule has 0 aliphatic heterocycles. The number of carbonyl (C=O) groups excluding carboxylic acids is 1. The second kappa shape index (κ2) is 7.75. The topological polar surface area (TPSA) is 58.6 Å². The van der Waals surface area contributed by atoms with Gasteiger partial charge >= 0.3 is 0 Å². The van der Waals surface area contributed by atoms with E-state index >= 15 is 0 Å². The Morgan fingerprint density at radius 2 is 1.84 bits per heavy atom. The smallest absolute Gasteiger partial charge is 0.224 e. The highest BCUT2D eigenvalue weighted by Gasteiger charge is 2.14. The van der Waals surface area contributed by atoms with Crippen molar-refractivity contribution in [3.8, 4) is 0 Å². The predicted octanol–water partition coefficient (Wildman–Crippen LogP) is 0.772. The van der Waals surface area contributed by atoms with E-state index < -0.39 is 35.3 Å². The average molecular weight is 277 g/mol. The third kappa shape index (κ3) is 5.27. The van der Waals surface area contributed by atoms with E-state index in [2.05, 4.69) is 5.32 Å². The van der Waals surface area contributed by atoms with Gasteiger partial charge in [0.2, 0.25) is 5.91 Å². The summed E-state index contributed by atoms with van der Waals surface area (Å²) < 4.78 is 44.0. The second-order valence-electron chi connectivity index (χ2n) is 3.71. The van der Waals surface area contributed by atoms with Crippen LogP contribution < -0.4 is 5.32 Å². The van der Waals surface area contributed by atoms with Crippen LogP contribution in [0.3, 0.4) is 0 Å². The van der Waals surface area contributed by atoms with Gasteiger partial charge in [-0.05, 0) is 0 Å². The molecule has 7 heteroatoms. The summed E-state index contributed by atoms with van der Waals surface area (Å²) in [5.41, 5.74) is -0.477. The van der Waals surface area contributed by atoms with Gasteiger partial charge in [-0.25, -0.2) is 13.2 Å². The maximum Gasteiger partial charge on any atom is 0.224 e. The molecule has 0 aliphatic carbocycles. The normalized spacial score (nSPS) is 10.5. The van der Waals surface area contributed by atoms with Gasteiger partial charge < -0.3 is 15.2 Å². The first-order valence-electron chi connectivity index (χ1n) is 5.63. The molecule has 1 aromatic rings. The molecule has 0 saturated heterocycles. The molecule has 0 aliphatic rings. The largest absolute Gasteiger partial charge is 0.394 e. The zero-order valence-corrected chi connectivity index (χ0v) is 10.1. The molecule has 0 radical (unpaired) electrons. The molecule has 1 rings (SSSR count). The monoisotopic (exact) mass is 277 g/mol. The summed E-state index contributed by atoms with van der Waals surface area (Å²) in [6.45, 7) is 0.362. The maximum atomic E-state index is 13.2. The summed E-state index contributed by atoms with van der Waals surface area (Å²) >= 11 is 0. The van der Waals surface area contributed by atoms with Crippen LogP contribution in [-0.2, 0) is 16.0 Å². The second-order valence-corrected chi connectivity index (χ2v) is 3.71. The maximum absolute atomic E-state index is 13.2. The van der Waals surface area contributed by atoms with Crippen molar-refractivity contribution in [3.63, 3.8) is 0 Å². The number of benzene rings is 1. The third-order valence-electron chi connectivity index (χ3n) is 2.25. The number of halogens is 3. The van der Waals surface area contributed by atoms with Gasteiger partial charge in [0, 0.05) is 24.2 Å². The molecule has 1 aromatic carbocycles. The van der Waals surface area contributed by atoms with Crippen molar-refractivity contribution in [1.29, 1.82) is 0 Å². The lowest BCUT2D eigenvalue weighted by Gasteiger charge is -2.07. The molecule has 0 saturated carbocycles. The van der Waals surface area contributed by atoms with Crippen molar-refractivity contribution in [2.24, 2.45) is 0 Å². The number of hydrogen-bond acceptors (Lipinski definition) is 3. The fourth-order valence-corrected chi connectivity index (χ4v) is 1.39. The number of aliphatic hydroxyl groups excluding tert-OH is 1. The Balaban J connectivity index is 2.44. The molecule has 0 fully saturated rings. The van der Waals surface area contributed by atoms with Gasteiger partial charge in [-0.2, -0.15) is 0 Å². The van der Waals surface area contributed by atoms with E-state index in [1.165, 1.54) is 0 Å². The molecule has 0 unspecified atom stereocenters. The van der Waals surface area contributed by atoms with Crippen LogP contribution in [0.2, 0.25) is 0 Å². The molecule has 0 heterocycles. The van der Waals surface area contributed by atoms with Crippen LogP contribution in [0.5, 0.6) is 0 Å². The summed E-state index contributed by atoms with van der Waals surface area (Å²) in [6.07, 6.45) is -0.516.